The number of halogens is 1. The number of anilines is 1. The first-order valence-electron chi connectivity index (χ1n) is 8.66. The zero-order chi connectivity index (χ0) is 18.1. The van der Waals surface area contributed by atoms with Gasteiger partial charge < -0.3 is 15.1 Å². The fourth-order valence-corrected chi connectivity index (χ4v) is 3.44. The molecule has 6 nitrogen and oxygen atoms in total. The fraction of sp³-hybridized carbons (Fsp3) is 0.316. The number of piperazine rings is 1. The highest BCUT2D eigenvalue weighted by Gasteiger charge is 2.36. The number of pyridine rings is 1. The molecule has 2 fully saturated rings. The van der Waals surface area contributed by atoms with E-state index >= 15 is 0 Å². The van der Waals surface area contributed by atoms with E-state index in [1.807, 2.05) is 4.90 Å². The van der Waals surface area contributed by atoms with Gasteiger partial charge in [-0.05, 0) is 24.6 Å². The summed E-state index contributed by atoms with van der Waals surface area (Å²) in [5.74, 6) is -0.549. The minimum atomic E-state index is -0.295. The van der Waals surface area contributed by atoms with Gasteiger partial charge in [-0.15, -0.1) is 0 Å². The molecule has 2 saturated heterocycles. The van der Waals surface area contributed by atoms with Crippen LogP contribution in [-0.4, -0.2) is 47.9 Å². The number of nitrogens with zero attached hydrogens (tertiary/aromatic N) is 3. The van der Waals surface area contributed by atoms with Crippen LogP contribution < -0.4 is 10.2 Å². The molecule has 1 aromatic heterocycles. The van der Waals surface area contributed by atoms with E-state index in [0.717, 1.165) is 12.1 Å². The average Bonchev–Trinajstić information content (AvgIpc) is 2.63. The lowest BCUT2D eigenvalue weighted by atomic mass is 9.93. The van der Waals surface area contributed by atoms with Crippen molar-refractivity contribution in [2.75, 3.05) is 31.1 Å². The Hall–Kier alpha value is -2.96. The zero-order valence-electron chi connectivity index (χ0n) is 14.2. The Balaban J connectivity index is 1.54. The summed E-state index contributed by atoms with van der Waals surface area (Å²) in [6.45, 7) is 2.10. The van der Waals surface area contributed by atoms with Crippen molar-refractivity contribution < 1.29 is 14.0 Å². The summed E-state index contributed by atoms with van der Waals surface area (Å²) in [5.41, 5.74) is 1.65. The normalized spacial score (nSPS) is 19.7. The molecule has 7 heteroatoms. The van der Waals surface area contributed by atoms with Crippen molar-refractivity contribution in [2.24, 2.45) is 0 Å². The van der Waals surface area contributed by atoms with Gasteiger partial charge in [-0.1, -0.05) is 18.2 Å². The minimum absolute atomic E-state index is 0.0386. The third-order valence-electron chi connectivity index (χ3n) is 4.91. The third-order valence-corrected chi connectivity index (χ3v) is 4.91. The van der Waals surface area contributed by atoms with Gasteiger partial charge in [-0.25, -0.2) is 4.39 Å². The number of hydrogen-bond donors (Lipinski definition) is 1. The maximum absolute atomic E-state index is 14.0. The number of carbonyl (C=O) groups is 2. The number of amides is 2. The maximum atomic E-state index is 14.0. The Morgan fingerprint density at radius 3 is 2.81 bits per heavy atom. The van der Waals surface area contributed by atoms with Crippen LogP contribution >= 0.6 is 0 Å². The Bertz CT molecular complexity index is 857. The lowest BCUT2D eigenvalue weighted by Crippen LogP contribution is -2.48. The van der Waals surface area contributed by atoms with Gasteiger partial charge in [0, 0.05) is 37.1 Å². The van der Waals surface area contributed by atoms with Gasteiger partial charge in [-0.3, -0.25) is 14.6 Å². The summed E-state index contributed by atoms with van der Waals surface area (Å²) < 4.78 is 14.0. The molecule has 0 aliphatic carbocycles. The Morgan fingerprint density at radius 1 is 1.23 bits per heavy atom. The van der Waals surface area contributed by atoms with Crippen LogP contribution in [0.15, 0.2) is 42.6 Å². The summed E-state index contributed by atoms with van der Waals surface area (Å²) >= 11 is 0. The summed E-state index contributed by atoms with van der Waals surface area (Å²) in [6.07, 6.45) is 2.31. The van der Waals surface area contributed by atoms with Gasteiger partial charge in [-0.2, -0.15) is 0 Å². The summed E-state index contributed by atoms with van der Waals surface area (Å²) in [6, 6.07) is 9.79. The van der Waals surface area contributed by atoms with Crippen LogP contribution in [0.4, 0.5) is 10.1 Å². The molecule has 0 radical (unpaired) electrons. The van der Waals surface area contributed by atoms with Gasteiger partial charge in [0.1, 0.15) is 11.5 Å². The first-order chi connectivity index (χ1) is 12.6. The van der Waals surface area contributed by atoms with Crippen molar-refractivity contribution in [1.29, 1.82) is 0 Å². The van der Waals surface area contributed by atoms with Crippen LogP contribution in [0.1, 0.15) is 28.5 Å². The first kappa shape index (κ1) is 16.5. The van der Waals surface area contributed by atoms with Crippen molar-refractivity contribution in [1.82, 2.24) is 15.2 Å². The summed E-state index contributed by atoms with van der Waals surface area (Å²) in [4.78, 5) is 32.2. The van der Waals surface area contributed by atoms with Crippen LogP contribution in [-0.2, 0) is 4.79 Å². The van der Waals surface area contributed by atoms with E-state index in [-0.39, 0.29) is 30.2 Å². The highest BCUT2D eigenvalue weighted by Crippen LogP contribution is 2.35. The van der Waals surface area contributed by atoms with Gasteiger partial charge in [0.25, 0.3) is 5.91 Å². The van der Waals surface area contributed by atoms with Crippen LogP contribution in [0.2, 0.25) is 0 Å². The number of nitrogens with one attached hydrogen (secondary N) is 1. The SMILES string of the molecule is O=C1CN(c2ccnc(C(=O)N3CCC3c3ccccc3F)c2)CCN1. The minimum Gasteiger partial charge on any atom is -0.360 e. The molecule has 3 heterocycles. The molecule has 1 aromatic carbocycles. The lowest BCUT2D eigenvalue weighted by molar-refractivity contribution is -0.120. The smallest absolute Gasteiger partial charge is 0.273 e. The number of benzene rings is 1. The van der Waals surface area contributed by atoms with E-state index in [1.165, 1.54) is 6.07 Å². The summed E-state index contributed by atoms with van der Waals surface area (Å²) in [7, 11) is 0. The number of aromatic nitrogens is 1. The first-order valence-corrected chi connectivity index (χ1v) is 8.66. The fourth-order valence-electron chi connectivity index (χ4n) is 3.44. The molecule has 1 unspecified atom stereocenters. The zero-order valence-corrected chi connectivity index (χ0v) is 14.2. The predicted octanol–water partition coefficient (Wildman–Crippen LogP) is 1.74. The maximum Gasteiger partial charge on any atom is 0.273 e. The monoisotopic (exact) mass is 354 g/mol. The van der Waals surface area contributed by atoms with E-state index in [1.54, 1.807) is 41.4 Å². The Labute approximate surface area is 150 Å². The van der Waals surface area contributed by atoms with E-state index in [2.05, 4.69) is 10.3 Å². The topological polar surface area (TPSA) is 65.5 Å². The van der Waals surface area contributed by atoms with Crippen molar-refractivity contribution in [3.63, 3.8) is 0 Å². The van der Waals surface area contributed by atoms with Gasteiger partial charge in [0.15, 0.2) is 0 Å². The average molecular weight is 354 g/mol. The predicted molar refractivity (Wildman–Crippen MR) is 94.3 cm³/mol. The van der Waals surface area contributed by atoms with Crippen LogP contribution in [0.3, 0.4) is 0 Å². The second-order valence-corrected chi connectivity index (χ2v) is 6.50. The molecule has 1 N–H and O–H groups in total. The second kappa shape index (κ2) is 6.74. The van der Waals surface area contributed by atoms with Gasteiger partial charge in [0.2, 0.25) is 5.91 Å². The van der Waals surface area contributed by atoms with Crippen molar-refractivity contribution in [3.05, 3.63) is 59.7 Å². The number of hydrogen-bond acceptors (Lipinski definition) is 4. The molecule has 2 aromatic rings. The van der Waals surface area contributed by atoms with Gasteiger partial charge in [0.05, 0.1) is 12.6 Å². The molecular formula is C19H19FN4O2. The van der Waals surface area contributed by atoms with Gasteiger partial charge >= 0.3 is 0 Å². The highest BCUT2D eigenvalue weighted by atomic mass is 19.1. The molecule has 134 valence electrons. The van der Waals surface area contributed by atoms with Crippen LogP contribution in [0.5, 0.6) is 0 Å². The summed E-state index contributed by atoms with van der Waals surface area (Å²) in [5, 5.41) is 2.78. The molecule has 0 spiro atoms. The largest absolute Gasteiger partial charge is 0.360 e. The number of likely N-dealkylation sites (tertiary alicyclic amines) is 1. The quantitative estimate of drug-likeness (QED) is 0.912. The van der Waals surface area contributed by atoms with Crippen LogP contribution in [0.25, 0.3) is 0 Å². The van der Waals surface area contributed by atoms with Crippen molar-refractivity contribution in [3.8, 4) is 0 Å². The highest BCUT2D eigenvalue weighted by molar-refractivity contribution is 5.94. The van der Waals surface area contributed by atoms with Crippen LogP contribution in [0, 0.1) is 5.82 Å². The van der Waals surface area contributed by atoms with E-state index in [4.69, 9.17) is 0 Å². The van der Waals surface area contributed by atoms with E-state index < -0.39 is 0 Å². The molecule has 0 bridgehead atoms. The van der Waals surface area contributed by atoms with Crippen molar-refractivity contribution >= 4 is 17.5 Å². The standard InChI is InChI=1S/C19H19FN4O2/c20-15-4-2-1-3-14(15)17-6-9-24(17)19(26)16-11-13(5-7-21-16)23-10-8-22-18(25)12-23/h1-5,7,11,17H,6,8-10,12H2,(H,22,25). The molecule has 2 aliphatic rings. The molecule has 4 rings (SSSR count). The molecule has 26 heavy (non-hydrogen) atoms. The molecule has 2 amide bonds. The van der Waals surface area contributed by atoms with E-state index in [9.17, 15) is 14.0 Å². The molecular weight excluding hydrogens is 335 g/mol. The Morgan fingerprint density at radius 2 is 2.08 bits per heavy atom. The molecule has 2 aliphatic heterocycles. The Kier molecular flexibility index (Phi) is 4.28. The number of carbonyl (C=O) groups excluding carboxylic acids is 2. The lowest BCUT2D eigenvalue weighted by Gasteiger charge is -2.41. The molecule has 0 saturated carbocycles. The third kappa shape index (κ3) is 3.00. The number of rotatable bonds is 3. The molecule has 1 atom stereocenters. The second-order valence-electron chi connectivity index (χ2n) is 6.50. The van der Waals surface area contributed by atoms with E-state index in [0.29, 0.717) is 30.9 Å². The van der Waals surface area contributed by atoms with Crippen molar-refractivity contribution in [2.45, 2.75) is 12.5 Å².